The number of piperidine rings is 1. The van der Waals surface area contributed by atoms with Crippen LogP contribution in [-0.2, 0) is 16.0 Å². The fourth-order valence-electron chi connectivity index (χ4n) is 2.85. The zero-order valence-electron chi connectivity index (χ0n) is 12.8. The quantitative estimate of drug-likeness (QED) is 0.841. The molecular formula is C16H22ClFN2O2. The summed E-state index contributed by atoms with van der Waals surface area (Å²) in [4.78, 5) is 12.1. The second-order valence-corrected chi connectivity index (χ2v) is 6.24. The first kappa shape index (κ1) is 17.2. The molecule has 2 N–H and O–H groups in total. The van der Waals surface area contributed by atoms with Crippen LogP contribution in [0.2, 0.25) is 5.02 Å². The maximum Gasteiger partial charge on any atom is 0.224 e. The van der Waals surface area contributed by atoms with Crippen molar-refractivity contribution >= 4 is 17.5 Å². The van der Waals surface area contributed by atoms with E-state index in [1.807, 2.05) is 0 Å². The van der Waals surface area contributed by atoms with Crippen molar-refractivity contribution in [3.63, 3.8) is 0 Å². The fourth-order valence-corrected chi connectivity index (χ4v) is 3.08. The van der Waals surface area contributed by atoms with Crippen molar-refractivity contribution in [1.29, 1.82) is 0 Å². The van der Waals surface area contributed by atoms with Gasteiger partial charge in [0.25, 0.3) is 0 Å². The number of methoxy groups -OCH3 is 1. The van der Waals surface area contributed by atoms with Gasteiger partial charge in [-0.25, -0.2) is 4.39 Å². The minimum Gasteiger partial charge on any atom is -0.384 e. The van der Waals surface area contributed by atoms with Gasteiger partial charge in [0.1, 0.15) is 5.82 Å². The van der Waals surface area contributed by atoms with Gasteiger partial charge < -0.3 is 15.4 Å². The Kier molecular flexibility index (Phi) is 6.17. The minimum absolute atomic E-state index is 0.0469. The summed E-state index contributed by atoms with van der Waals surface area (Å²) < 4.78 is 19.0. The van der Waals surface area contributed by atoms with E-state index in [1.165, 1.54) is 12.1 Å². The van der Waals surface area contributed by atoms with Gasteiger partial charge in [-0.15, -0.1) is 0 Å². The summed E-state index contributed by atoms with van der Waals surface area (Å²) in [6.07, 6.45) is 1.84. The SMILES string of the molecule is COCC1(CNC(=O)Cc2c(F)cccc2Cl)CCNCC1. The number of nitrogens with one attached hydrogen (secondary N) is 2. The first-order valence-corrected chi connectivity index (χ1v) is 7.83. The highest BCUT2D eigenvalue weighted by molar-refractivity contribution is 6.31. The Morgan fingerprint density at radius 1 is 1.45 bits per heavy atom. The van der Waals surface area contributed by atoms with E-state index in [4.69, 9.17) is 16.3 Å². The van der Waals surface area contributed by atoms with Crippen LogP contribution in [0.4, 0.5) is 4.39 Å². The Bertz CT molecular complexity index is 493. The third-order valence-electron chi connectivity index (χ3n) is 4.17. The molecule has 122 valence electrons. The third kappa shape index (κ3) is 4.41. The average Bonchev–Trinajstić information content (AvgIpc) is 2.50. The molecule has 0 aliphatic carbocycles. The lowest BCUT2D eigenvalue weighted by Gasteiger charge is -2.37. The molecule has 0 spiro atoms. The molecule has 0 aromatic heterocycles. The number of hydrogen-bond donors (Lipinski definition) is 2. The van der Waals surface area contributed by atoms with Crippen LogP contribution >= 0.6 is 11.6 Å². The molecule has 0 bridgehead atoms. The first-order valence-electron chi connectivity index (χ1n) is 7.46. The zero-order valence-corrected chi connectivity index (χ0v) is 13.5. The van der Waals surface area contributed by atoms with Crippen molar-refractivity contribution in [3.05, 3.63) is 34.6 Å². The van der Waals surface area contributed by atoms with Crippen molar-refractivity contribution in [2.45, 2.75) is 19.3 Å². The lowest BCUT2D eigenvalue weighted by Crippen LogP contribution is -2.47. The standard InChI is InChI=1S/C16H22ClFN2O2/c1-22-11-16(5-7-19-8-6-16)10-20-15(21)9-12-13(17)3-2-4-14(12)18/h2-4,19H,5-11H2,1H3,(H,20,21). The van der Waals surface area contributed by atoms with Gasteiger partial charge in [-0.3, -0.25) is 4.79 Å². The van der Waals surface area contributed by atoms with Crippen LogP contribution in [0.15, 0.2) is 18.2 Å². The molecule has 1 amide bonds. The summed E-state index contributed by atoms with van der Waals surface area (Å²) in [5.74, 6) is -0.669. The summed E-state index contributed by atoms with van der Waals surface area (Å²) in [5.41, 5.74) is 0.196. The van der Waals surface area contributed by atoms with Crippen LogP contribution in [0.25, 0.3) is 0 Å². The molecule has 1 aliphatic heterocycles. The smallest absolute Gasteiger partial charge is 0.224 e. The van der Waals surface area contributed by atoms with Gasteiger partial charge in [0.2, 0.25) is 5.91 Å². The van der Waals surface area contributed by atoms with E-state index < -0.39 is 5.82 Å². The summed E-state index contributed by atoms with van der Waals surface area (Å²) in [6, 6.07) is 4.43. The van der Waals surface area contributed by atoms with Gasteiger partial charge >= 0.3 is 0 Å². The number of halogens is 2. The maximum absolute atomic E-state index is 13.7. The van der Waals surface area contributed by atoms with E-state index in [-0.39, 0.29) is 28.3 Å². The van der Waals surface area contributed by atoms with Crippen molar-refractivity contribution in [3.8, 4) is 0 Å². The van der Waals surface area contributed by atoms with Gasteiger partial charge in [-0.05, 0) is 38.1 Å². The Labute approximate surface area is 135 Å². The number of amides is 1. The van der Waals surface area contributed by atoms with Gasteiger partial charge in [-0.2, -0.15) is 0 Å². The molecule has 0 unspecified atom stereocenters. The molecule has 0 atom stereocenters. The number of carbonyl (C=O) groups is 1. The van der Waals surface area contributed by atoms with Crippen molar-refractivity contribution in [1.82, 2.24) is 10.6 Å². The highest BCUT2D eigenvalue weighted by Gasteiger charge is 2.32. The molecule has 6 heteroatoms. The van der Waals surface area contributed by atoms with Gasteiger partial charge in [0.15, 0.2) is 0 Å². The third-order valence-corrected chi connectivity index (χ3v) is 4.53. The molecular weight excluding hydrogens is 307 g/mol. The molecule has 0 saturated carbocycles. The Morgan fingerprint density at radius 3 is 2.82 bits per heavy atom. The number of hydrogen-bond acceptors (Lipinski definition) is 3. The van der Waals surface area contributed by atoms with Crippen LogP contribution in [0.5, 0.6) is 0 Å². The van der Waals surface area contributed by atoms with E-state index in [1.54, 1.807) is 13.2 Å². The summed E-state index contributed by atoms with van der Waals surface area (Å²) >= 11 is 5.95. The largest absolute Gasteiger partial charge is 0.384 e. The normalized spacial score (nSPS) is 17.2. The average molecular weight is 329 g/mol. The van der Waals surface area contributed by atoms with Crippen LogP contribution in [-0.4, -0.2) is 39.3 Å². The summed E-state index contributed by atoms with van der Waals surface area (Å²) in [7, 11) is 1.67. The molecule has 22 heavy (non-hydrogen) atoms. The van der Waals surface area contributed by atoms with E-state index in [2.05, 4.69) is 10.6 Å². The molecule has 0 radical (unpaired) electrons. The van der Waals surface area contributed by atoms with Gasteiger partial charge in [0.05, 0.1) is 13.0 Å². The maximum atomic E-state index is 13.7. The van der Waals surface area contributed by atoms with Crippen molar-refractivity contribution in [2.75, 3.05) is 33.4 Å². The first-order chi connectivity index (χ1) is 10.6. The Balaban J connectivity index is 1.94. The molecule has 1 aromatic carbocycles. The van der Waals surface area contributed by atoms with E-state index in [9.17, 15) is 9.18 Å². The number of carbonyl (C=O) groups excluding carboxylic acids is 1. The summed E-state index contributed by atoms with van der Waals surface area (Å²) in [5, 5.41) is 6.50. The van der Waals surface area contributed by atoms with E-state index >= 15 is 0 Å². The second kappa shape index (κ2) is 7.90. The molecule has 2 rings (SSSR count). The molecule has 1 aliphatic rings. The van der Waals surface area contributed by atoms with Gasteiger partial charge in [-0.1, -0.05) is 17.7 Å². The highest BCUT2D eigenvalue weighted by atomic mass is 35.5. The van der Waals surface area contributed by atoms with E-state index in [0.29, 0.717) is 13.2 Å². The lowest BCUT2D eigenvalue weighted by atomic mass is 9.79. The van der Waals surface area contributed by atoms with Crippen LogP contribution in [0.1, 0.15) is 18.4 Å². The van der Waals surface area contributed by atoms with Crippen LogP contribution in [0, 0.1) is 11.2 Å². The Hall–Kier alpha value is -1.17. The predicted octanol–water partition coefficient (Wildman–Crippen LogP) is 2.15. The molecule has 1 saturated heterocycles. The van der Waals surface area contributed by atoms with E-state index in [0.717, 1.165) is 25.9 Å². The minimum atomic E-state index is -0.448. The number of benzene rings is 1. The van der Waals surface area contributed by atoms with Crippen molar-refractivity contribution in [2.24, 2.45) is 5.41 Å². The highest BCUT2D eigenvalue weighted by Crippen LogP contribution is 2.28. The monoisotopic (exact) mass is 328 g/mol. The second-order valence-electron chi connectivity index (χ2n) is 5.84. The topological polar surface area (TPSA) is 50.4 Å². The summed E-state index contributed by atoms with van der Waals surface area (Å²) in [6.45, 7) is 2.97. The van der Waals surface area contributed by atoms with Crippen LogP contribution < -0.4 is 10.6 Å². The van der Waals surface area contributed by atoms with Gasteiger partial charge in [0, 0.05) is 29.7 Å². The Morgan fingerprint density at radius 2 is 2.18 bits per heavy atom. The number of rotatable bonds is 6. The van der Waals surface area contributed by atoms with Crippen molar-refractivity contribution < 1.29 is 13.9 Å². The molecule has 1 aromatic rings. The lowest BCUT2D eigenvalue weighted by molar-refractivity contribution is -0.121. The molecule has 4 nitrogen and oxygen atoms in total. The predicted molar refractivity (Wildman–Crippen MR) is 84.5 cm³/mol. The molecule has 1 fully saturated rings. The van der Waals surface area contributed by atoms with Crippen LogP contribution in [0.3, 0.4) is 0 Å². The number of ether oxygens (including phenoxy) is 1. The zero-order chi connectivity index (χ0) is 16.0. The molecule has 1 heterocycles. The fraction of sp³-hybridized carbons (Fsp3) is 0.562.